The molecule has 1 atom stereocenters. The van der Waals surface area contributed by atoms with Gasteiger partial charge in [-0.1, -0.05) is 53.9 Å². The summed E-state index contributed by atoms with van der Waals surface area (Å²) in [5, 5.41) is 1.75. The smallest absolute Gasteiger partial charge is 0.214 e. The lowest BCUT2D eigenvalue weighted by atomic mass is 10.0. The molecule has 27 heavy (non-hydrogen) atoms. The van der Waals surface area contributed by atoms with E-state index in [2.05, 4.69) is 4.90 Å². The summed E-state index contributed by atoms with van der Waals surface area (Å²) in [5.41, 5.74) is 1.83. The van der Waals surface area contributed by atoms with Gasteiger partial charge in [-0.25, -0.2) is 8.42 Å². The Labute approximate surface area is 175 Å². The summed E-state index contributed by atoms with van der Waals surface area (Å²) >= 11 is 18.5. The van der Waals surface area contributed by atoms with Crippen LogP contribution in [0.15, 0.2) is 42.5 Å². The molecule has 8 heteroatoms. The van der Waals surface area contributed by atoms with Crippen molar-refractivity contribution in [2.45, 2.75) is 19.4 Å². The normalized spacial score (nSPS) is 18.7. The van der Waals surface area contributed by atoms with Crippen LogP contribution in [0.5, 0.6) is 0 Å². The van der Waals surface area contributed by atoms with E-state index in [-0.39, 0.29) is 11.8 Å². The molecule has 1 aliphatic rings. The molecule has 0 amide bonds. The van der Waals surface area contributed by atoms with Crippen molar-refractivity contribution in [1.29, 1.82) is 0 Å². The average molecular weight is 448 g/mol. The Kier molecular flexibility index (Phi) is 6.59. The lowest BCUT2D eigenvalue weighted by molar-refractivity contribution is 0.335. The molecule has 1 heterocycles. The lowest BCUT2D eigenvalue weighted by Crippen LogP contribution is -2.51. The van der Waals surface area contributed by atoms with Gasteiger partial charge >= 0.3 is 0 Å². The molecule has 2 aromatic carbocycles. The number of anilines is 1. The van der Waals surface area contributed by atoms with Gasteiger partial charge < -0.3 is 4.90 Å². The number of halogens is 3. The third-order valence-corrected chi connectivity index (χ3v) is 7.50. The van der Waals surface area contributed by atoms with Crippen molar-refractivity contribution >= 4 is 50.5 Å². The molecule has 0 saturated carbocycles. The SMILES string of the molecule is CCCS(=O)(=O)N1CCN(c2ccc(Cl)cc2Cl)C(c2ccc(Cl)cc2)C1. The molecule has 1 fully saturated rings. The average Bonchev–Trinajstić information content (AvgIpc) is 2.62. The van der Waals surface area contributed by atoms with E-state index in [1.54, 1.807) is 16.4 Å². The summed E-state index contributed by atoms with van der Waals surface area (Å²) in [6.45, 7) is 3.20. The van der Waals surface area contributed by atoms with E-state index < -0.39 is 10.0 Å². The van der Waals surface area contributed by atoms with Gasteiger partial charge in [0.05, 0.1) is 22.5 Å². The topological polar surface area (TPSA) is 40.6 Å². The number of hydrogen-bond acceptors (Lipinski definition) is 3. The van der Waals surface area contributed by atoms with Crippen molar-refractivity contribution < 1.29 is 8.42 Å². The molecular formula is C19H21Cl3N2O2S. The summed E-state index contributed by atoms with van der Waals surface area (Å²) < 4.78 is 26.8. The predicted octanol–water partition coefficient (Wildman–Crippen LogP) is 5.25. The number of nitrogens with zero attached hydrogens (tertiary/aromatic N) is 2. The first-order valence-electron chi connectivity index (χ1n) is 8.77. The van der Waals surface area contributed by atoms with E-state index in [1.165, 1.54) is 0 Å². The highest BCUT2D eigenvalue weighted by Crippen LogP contribution is 2.37. The standard InChI is InChI=1S/C19H21Cl3N2O2S/c1-2-11-27(25,26)23-9-10-24(18-8-7-16(21)12-17(18)22)19(13-23)14-3-5-15(20)6-4-14/h3-8,12,19H,2,9-11,13H2,1H3. The number of sulfonamides is 1. The molecule has 1 unspecified atom stereocenters. The Morgan fingerprint density at radius 3 is 2.30 bits per heavy atom. The van der Waals surface area contributed by atoms with E-state index in [0.29, 0.717) is 41.1 Å². The minimum Gasteiger partial charge on any atom is -0.361 e. The molecule has 1 saturated heterocycles. The maximum absolute atomic E-state index is 12.6. The second kappa shape index (κ2) is 8.58. The second-order valence-electron chi connectivity index (χ2n) is 6.53. The van der Waals surface area contributed by atoms with E-state index >= 15 is 0 Å². The molecule has 3 rings (SSSR count). The Morgan fingerprint density at radius 2 is 1.67 bits per heavy atom. The van der Waals surface area contributed by atoms with Gasteiger partial charge in [0.25, 0.3) is 0 Å². The molecule has 0 radical (unpaired) electrons. The van der Waals surface area contributed by atoms with Crippen LogP contribution in [0.1, 0.15) is 24.9 Å². The molecule has 0 spiro atoms. The molecular weight excluding hydrogens is 427 g/mol. The van der Waals surface area contributed by atoms with Gasteiger partial charge in [-0.05, 0) is 42.3 Å². The van der Waals surface area contributed by atoms with Crippen LogP contribution in [-0.4, -0.2) is 38.1 Å². The van der Waals surface area contributed by atoms with Crippen molar-refractivity contribution in [2.24, 2.45) is 0 Å². The minimum atomic E-state index is -3.28. The maximum Gasteiger partial charge on any atom is 0.214 e. The fourth-order valence-corrected chi connectivity index (χ4v) is 5.52. The Bertz CT molecular complexity index is 904. The Balaban J connectivity index is 1.99. The van der Waals surface area contributed by atoms with Crippen molar-refractivity contribution in [3.05, 3.63) is 63.1 Å². The fraction of sp³-hybridized carbons (Fsp3) is 0.368. The van der Waals surface area contributed by atoms with Crippen LogP contribution in [0.2, 0.25) is 15.1 Å². The molecule has 0 aliphatic carbocycles. The maximum atomic E-state index is 12.6. The van der Waals surface area contributed by atoms with Crippen molar-refractivity contribution in [2.75, 3.05) is 30.3 Å². The summed E-state index contributed by atoms with van der Waals surface area (Å²) in [6, 6.07) is 12.7. The monoisotopic (exact) mass is 446 g/mol. The van der Waals surface area contributed by atoms with Crippen LogP contribution < -0.4 is 4.90 Å². The highest BCUT2D eigenvalue weighted by Gasteiger charge is 2.34. The highest BCUT2D eigenvalue weighted by atomic mass is 35.5. The van der Waals surface area contributed by atoms with Crippen molar-refractivity contribution in [3.63, 3.8) is 0 Å². The van der Waals surface area contributed by atoms with Crippen LogP contribution >= 0.6 is 34.8 Å². The van der Waals surface area contributed by atoms with Crippen molar-refractivity contribution in [1.82, 2.24) is 4.31 Å². The third kappa shape index (κ3) is 4.72. The number of piperazine rings is 1. The Morgan fingerprint density at radius 1 is 1.00 bits per heavy atom. The molecule has 0 N–H and O–H groups in total. The summed E-state index contributed by atoms with van der Waals surface area (Å²) in [7, 11) is -3.28. The minimum absolute atomic E-state index is 0.155. The number of benzene rings is 2. The number of hydrogen-bond donors (Lipinski definition) is 0. The summed E-state index contributed by atoms with van der Waals surface area (Å²) in [5.74, 6) is 0.155. The first-order valence-corrected chi connectivity index (χ1v) is 11.5. The number of rotatable bonds is 5. The summed E-state index contributed by atoms with van der Waals surface area (Å²) in [4.78, 5) is 2.14. The lowest BCUT2D eigenvalue weighted by Gasteiger charge is -2.42. The Hall–Kier alpha value is -0.980. The van der Waals surface area contributed by atoms with E-state index in [1.807, 2.05) is 37.3 Å². The van der Waals surface area contributed by atoms with Crippen molar-refractivity contribution in [3.8, 4) is 0 Å². The van der Waals surface area contributed by atoms with Crippen LogP contribution in [0.25, 0.3) is 0 Å². The van der Waals surface area contributed by atoms with Crippen LogP contribution in [0.4, 0.5) is 5.69 Å². The molecule has 2 aromatic rings. The van der Waals surface area contributed by atoms with E-state index in [4.69, 9.17) is 34.8 Å². The van der Waals surface area contributed by atoms with Crippen LogP contribution in [-0.2, 0) is 10.0 Å². The van der Waals surface area contributed by atoms with Gasteiger partial charge in [0.1, 0.15) is 0 Å². The first-order chi connectivity index (χ1) is 12.8. The zero-order chi connectivity index (χ0) is 19.6. The van der Waals surface area contributed by atoms with Gasteiger partial charge in [0.15, 0.2) is 0 Å². The molecule has 4 nitrogen and oxygen atoms in total. The van der Waals surface area contributed by atoms with Gasteiger partial charge in [-0.2, -0.15) is 4.31 Å². The predicted molar refractivity (Wildman–Crippen MR) is 114 cm³/mol. The van der Waals surface area contributed by atoms with Gasteiger partial charge in [0.2, 0.25) is 10.0 Å². The molecule has 146 valence electrons. The van der Waals surface area contributed by atoms with Gasteiger partial charge in [0, 0.05) is 29.7 Å². The molecule has 0 aromatic heterocycles. The summed E-state index contributed by atoms with van der Waals surface area (Å²) in [6.07, 6.45) is 0.594. The van der Waals surface area contributed by atoms with Gasteiger partial charge in [-0.3, -0.25) is 0 Å². The van der Waals surface area contributed by atoms with E-state index in [0.717, 1.165) is 11.3 Å². The van der Waals surface area contributed by atoms with Crippen LogP contribution in [0, 0.1) is 0 Å². The van der Waals surface area contributed by atoms with Gasteiger partial charge in [-0.15, -0.1) is 0 Å². The zero-order valence-corrected chi connectivity index (χ0v) is 18.0. The molecule has 0 bridgehead atoms. The largest absolute Gasteiger partial charge is 0.361 e. The zero-order valence-electron chi connectivity index (χ0n) is 14.9. The highest BCUT2D eigenvalue weighted by molar-refractivity contribution is 7.89. The van der Waals surface area contributed by atoms with Crippen LogP contribution in [0.3, 0.4) is 0 Å². The quantitative estimate of drug-likeness (QED) is 0.628. The second-order valence-corrected chi connectivity index (χ2v) is 9.90. The van der Waals surface area contributed by atoms with E-state index in [9.17, 15) is 8.42 Å². The third-order valence-electron chi connectivity index (χ3n) is 4.67. The molecule has 1 aliphatic heterocycles. The fourth-order valence-electron chi connectivity index (χ4n) is 3.37. The first kappa shape index (κ1) is 20.7.